The fourth-order valence-electron chi connectivity index (χ4n) is 4.35. The molecular formula is C24H35FN6O2. The lowest BCUT2D eigenvalue weighted by Crippen LogP contribution is -2.41. The number of hydrogen-bond donors (Lipinski definition) is 2. The minimum absolute atomic E-state index is 0.211. The van der Waals surface area contributed by atoms with Gasteiger partial charge in [-0.2, -0.15) is 5.10 Å². The molecule has 2 aromatic rings. The highest BCUT2D eigenvalue weighted by atomic mass is 19.1. The van der Waals surface area contributed by atoms with Crippen molar-refractivity contribution in [3.8, 4) is 11.3 Å². The van der Waals surface area contributed by atoms with Crippen molar-refractivity contribution in [2.45, 2.75) is 83.4 Å². The number of carbonyl (C=O) groups excluding carboxylic acids is 1. The maximum Gasteiger partial charge on any atom is 0.320 e. The summed E-state index contributed by atoms with van der Waals surface area (Å²) in [6.07, 6.45) is 9.99. The van der Waals surface area contributed by atoms with Crippen molar-refractivity contribution in [3.05, 3.63) is 23.9 Å². The SMILES string of the molecule is Cn1ncc(-c2nc(N[C@H]3CC[C@H](NCC(=O)OC(C)(C)C)CC3)ncc2F)c1CC1CC1. The van der Waals surface area contributed by atoms with E-state index >= 15 is 0 Å². The molecule has 0 unspecified atom stereocenters. The van der Waals surface area contributed by atoms with Gasteiger partial charge in [-0.25, -0.2) is 14.4 Å². The molecule has 0 spiro atoms. The van der Waals surface area contributed by atoms with Gasteiger partial charge in [0.05, 0.1) is 18.9 Å². The molecule has 0 radical (unpaired) electrons. The molecule has 2 saturated carbocycles. The van der Waals surface area contributed by atoms with Crippen LogP contribution in [0.4, 0.5) is 10.3 Å². The monoisotopic (exact) mass is 458 g/mol. The highest BCUT2D eigenvalue weighted by molar-refractivity contribution is 5.72. The summed E-state index contributed by atoms with van der Waals surface area (Å²) in [6, 6.07) is 0.489. The normalized spacial score (nSPS) is 21.1. The highest BCUT2D eigenvalue weighted by Crippen LogP contribution is 2.36. The van der Waals surface area contributed by atoms with Crippen LogP contribution in [-0.2, 0) is 23.0 Å². The minimum atomic E-state index is -0.469. The molecule has 2 aromatic heterocycles. The third kappa shape index (κ3) is 6.50. The summed E-state index contributed by atoms with van der Waals surface area (Å²) in [5.74, 6) is 0.450. The summed E-state index contributed by atoms with van der Waals surface area (Å²) >= 11 is 0. The summed E-state index contributed by atoms with van der Waals surface area (Å²) in [4.78, 5) is 20.6. The van der Waals surface area contributed by atoms with Crippen molar-refractivity contribution < 1.29 is 13.9 Å². The highest BCUT2D eigenvalue weighted by Gasteiger charge is 2.27. The lowest BCUT2D eigenvalue weighted by Gasteiger charge is -2.30. The molecule has 0 aromatic carbocycles. The predicted octanol–water partition coefficient (Wildman–Crippen LogP) is 3.62. The van der Waals surface area contributed by atoms with Gasteiger partial charge < -0.3 is 15.4 Å². The van der Waals surface area contributed by atoms with Crippen molar-refractivity contribution in [1.29, 1.82) is 0 Å². The van der Waals surface area contributed by atoms with Gasteiger partial charge in [0, 0.05) is 30.4 Å². The fourth-order valence-corrected chi connectivity index (χ4v) is 4.35. The Morgan fingerprint density at radius 2 is 1.85 bits per heavy atom. The summed E-state index contributed by atoms with van der Waals surface area (Å²) in [7, 11) is 1.90. The van der Waals surface area contributed by atoms with Gasteiger partial charge in [0.2, 0.25) is 5.95 Å². The Morgan fingerprint density at radius 3 is 2.52 bits per heavy atom. The van der Waals surface area contributed by atoms with E-state index in [2.05, 4.69) is 25.7 Å². The quantitative estimate of drug-likeness (QED) is 0.584. The first kappa shape index (κ1) is 23.6. The van der Waals surface area contributed by atoms with Crippen LogP contribution in [0, 0.1) is 11.7 Å². The Balaban J connectivity index is 1.32. The Bertz CT molecular complexity index is 974. The van der Waals surface area contributed by atoms with E-state index in [1.807, 2.05) is 32.5 Å². The van der Waals surface area contributed by atoms with Crippen molar-refractivity contribution in [3.63, 3.8) is 0 Å². The molecule has 8 nitrogen and oxygen atoms in total. The molecule has 2 N–H and O–H groups in total. The lowest BCUT2D eigenvalue weighted by molar-refractivity contribution is -0.153. The number of esters is 1. The van der Waals surface area contributed by atoms with Crippen LogP contribution in [0.1, 0.15) is 65.0 Å². The van der Waals surface area contributed by atoms with Crippen molar-refractivity contribution in [2.75, 3.05) is 11.9 Å². The second kappa shape index (κ2) is 9.75. The first-order valence-electron chi connectivity index (χ1n) is 11.9. The van der Waals surface area contributed by atoms with Gasteiger partial charge in [-0.15, -0.1) is 0 Å². The number of ether oxygens (including phenoxy) is 1. The Hall–Kier alpha value is -2.55. The fraction of sp³-hybridized carbons (Fsp3) is 0.667. The molecule has 4 rings (SSSR count). The third-order valence-electron chi connectivity index (χ3n) is 6.26. The van der Waals surface area contributed by atoms with E-state index in [0.717, 1.165) is 43.4 Å². The Morgan fingerprint density at radius 1 is 1.15 bits per heavy atom. The van der Waals surface area contributed by atoms with E-state index in [-0.39, 0.29) is 24.6 Å². The van der Waals surface area contributed by atoms with Crippen LogP contribution in [0.25, 0.3) is 11.3 Å². The molecule has 33 heavy (non-hydrogen) atoms. The Labute approximate surface area is 194 Å². The average Bonchev–Trinajstić information content (AvgIpc) is 3.50. The average molecular weight is 459 g/mol. The van der Waals surface area contributed by atoms with Gasteiger partial charge in [-0.1, -0.05) is 0 Å². The zero-order valence-electron chi connectivity index (χ0n) is 20.0. The molecule has 0 bridgehead atoms. The van der Waals surface area contributed by atoms with Gasteiger partial charge >= 0.3 is 5.97 Å². The zero-order valence-corrected chi connectivity index (χ0v) is 20.0. The molecular weight excluding hydrogens is 423 g/mol. The summed E-state index contributed by atoms with van der Waals surface area (Å²) in [5, 5.41) is 11.0. The maximum absolute atomic E-state index is 14.6. The number of aryl methyl sites for hydroxylation is 1. The molecule has 0 saturated heterocycles. The molecule has 0 amide bonds. The number of hydrogen-bond acceptors (Lipinski definition) is 7. The molecule has 9 heteroatoms. The number of rotatable bonds is 8. The smallest absolute Gasteiger partial charge is 0.320 e. The van der Waals surface area contributed by atoms with Gasteiger partial charge in [0.25, 0.3) is 0 Å². The second-order valence-corrected chi connectivity index (χ2v) is 10.3. The summed E-state index contributed by atoms with van der Waals surface area (Å²) < 4.78 is 21.8. The first-order chi connectivity index (χ1) is 15.7. The number of nitrogens with zero attached hydrogens (tertiary/aromatic N) is 4. The van der Waals surface area contributed by atoms with Crippen LogP contribution in [-0.4, -0.2) is 49.9 Å². The molecule has 0 atom stereocenters. The topological polar surface area (TPSA) is 94.0 Å². The summed E-state index contributed by atoms with van der Waals surface area (Å²) in [6.45, 7) is 5.82. The van der Waals surface area contributed by atoms with Crippen LogP contribution in [0.5, 0.6) is 0 Å². The third-order valence-corrected chi connectivity index (χ3v) is 6.26. The van der Waals surface area contributed by atoms with E-state index in [1.54, 1.807) is 6.20 Å². The lowest BCUT2D eigenvalue weighted by atomic mass is 9.91. The van der Waals surface area contributed by atoms with E-state index in [0.29, 0.717) is 17.6 Å². The minimum Gasteiger partial charge on any atom is -0.459 e. The molecule has 180 valence electrons. The molecule has 2 heterocycles. The Kier molecular flexibility index (Phi) is 6.97. The molecule has 2 aliphatic carbocycles. The van der Waals surface area contributed by atoms with E-state index < -0.39 is 11.4 Å². The number of nitrogens with one attached hydrogen (secondary N) is 2. The summed E-state index contributed by atoms with van der Waals surface area (Å²) in [5.41, 5.74) is 1.62. The standard InChI is InChI=1S/C24H35FN6O2/c1-24(2,3)33-21(32)14-26-16-7-9-17(10-8-16)29-23-27-13-19(25)22(30-23)18-12-28-31(4)20(18)11-15-5-6-15/h12-13,15-17,26H,5-11,14H2,1-4H3,(H,27,29,30)/t16-,17-. The van der Waals surface area contributed by atoms with Crippen LogP contribution in [0.3, 0.4) is 0 Å². The second-order valence-electron chi connectivity index (χ2n) is 10.3. The molecule has 0 aliphatic heterocycles. The van der Waals surface area contributed by atoms with Gasteiger partial charge in [-0.05, 0) is 71.6 Å². The van der Waals surface area contributed by atoms with Crippen LogP contribution in [0.2, 0.25) is 0 Å². The van der Waals surface area contributed by atoms with Crippen LogP contribution in [0.15, 0.2) is 12.4 Å². The van der Waals surface area contributed by atoms with Crippen LogP contribution >= 0.6 is 0 Å². The number of aromatic nitrogens is 4. The molecule has 2 aliphatic rings. The zero-order chi connectivity index (χ0) is 23.6. The van der Waals surface area contributed by atoms with Crippen molar-refractivity contribution in [1.82, 2.24) is 25.1 Å². The van der Waals surface area contributed by atoms with Crippen molar-refractivity contribution in [2.24, 2.45) is 13.0 Å². The largest absolute Gasteiger partial charge is 0.459 e. The maximum atomic E-state index is 14.6. The molecule has 2 fully saturated rings. The van der Waals surface area contributed by atoms with E-state index in [9.17, 15) is 9.18 Å². The van der Waals surface area contributed by atoms with Crippen LogP contribution < -0.4 is 10.6 Å². The number of anilines is 1. The van der Waals surface area contributed by atoms with Gasteiger partial charge in [0.1, 0.15) is 11.3 Å². The van der Waals surface area contributed by atoms with E-state index in [1.165, 1.54) is 19.0 Å². The number of carbonyl (C=O) groups is 1. The first-order valence-corrected chi connectivity index (χ1v) is 11.9. The van der Waals surface area contributed by atoms with Gasteiger partial charge in [0.15, 0.2) is 5.82 Å². The van der Waals surface area contributed by atoms with Gasteiger partial charge in [-0.3, -0.25) is 9.48 Å². The van der Waals surface area contributed by atoms with E-state index in [4.69, 9.17) is 4.74 Å². The predicted molar refractivity (Wildman–Crippen MR) is 124 cm³/mol. The number of halogens is 1. The van der Waals surface area contributed by atoms with Crippen molar-refractivity contribution >= 4 is 11.9 Å².